The number of nitrogen functional groups attached to an aromatic ring is 1. The highest BCUT2D eigenvalue weighted by Gasteiger charge is 2.20. The predicted molar refractivity (Wildman–Crippen MR) is 85.3 cm³/mol. The van der Waals surface area contributed by atoms with Crippen LogP contribution in [0.3, 0.4) is 0 Å². The summed E-state index contributed by atoms with van der Waals surface area (Å²) in [5.74, 6) is 1.71. The van der Waals surface area contributed by atoms with E-state index in [1.54, 1.807) is 11.1 Å². The van der Waals surface area contributed by atoms with Gasteiger partial charge in [0, 0.05) is 39.2 Å². The van der Waals surface area contributed by atoms with Crippen LogP contribution in [0.4, 0.5) is 17.6 Å². The third-order valence-corrected chi connectivity index (χ3v) is 3.73. The summed E-state index contributed by atoms with van der Waals surface area (Å²) in [6.07, 6.45) is 4.53. The third kappa shape index (κ3) is 2.72. The maximum atomic E-state index is 12.3. The maximum absolute atomic E-state index is 12.3. The van der Waals surface area contributed by atoms with Crippen LogP contribution >= 0.6 is 0 Å². The molecule has 0 aromatic carbocycles. The molecule has 0 saturated carbocycles. The van der Waals surface area contributed by atoms with E-state index in [4.69, 9.17) is 5.73 Å². The molecule has 2 aromatic rings. The van der Waals surface area contributed by atoms with Gasteiger partial charge in [0.05, 0.1) is 18.1 Å². The second kappa shape index (κ2) is 5.63. The molecule has 0 saturated heterocycles. The Kier molecular flexibility index (Phi) is 3.66. The van der Waals surface area contributed by atoms with Crippen molar-refractivity contribution in [1.29, 1.82) is 0 Å². The van der Waals surface area contributed by atoms with Gasteiger partial charge in [-0.15, -0.1) is 0 Å². The number of nitrogens with two attached hydrogens (primary N) is 1. The van der Waals surface area contributed by atoms with E-state index < -0.39 is 0 Å². The van der Waals surface area contributed by atoms with Crippen molar-refractivity contribution in [3.63, 3.8) is 0 Å². The second-order valence-electron chi connectivity index (χ2n) is 5.50. The van der Waals surface area contributed by atoms with Crippen LogP contribution in [-0.4, -0.2) is 47.1 Å². The Hall–Kier alpha value is -2.64. The van der Waals surface area contributed by atoms with Gasteiger partial charge in [-0.05, 0) is 6.42 Å². The first-order valence-electron chi connectivity index (χ1n) is 7.16. The standard InChI is InChI=1S/C14H19N7O/c1-20(2)14-17-10-4-6-21(5-3-9(10)13(22)19-14)12-8-16-7-11(15)18-12/h7-8H,3-6H2,1-2H3,(H2,15,18)(H,17,19,22). The number of hydrogen-bond acceptors (Lipinski definition) is 7. The number of hydrogen-bond donors (Lipinski definition) is 2. The fourth-order valence-corrected chi connectivity index (χ4v) is 2.56. The van der Waals surface area contributed by atoms with E-state index in [0.29, 0.717) is 31.2 Å². The molecule has 2 aromatic heterocycles. The molecule has 0 amide bonds. The van der Waals surface area contributed by atoms with Crippen LogP contribution in [0, 0.1) is 0 Å². The van der Waals surface area contributed by atoms with Gasteiger partial charge in [-0.2, -0.15) is 0 Å². The molecular weight excluding hydrogens is 282 g/mol. The quantitative estimate of drug-likeness (QED) is 0.792. The van der Waals surface area contributed by atoms with Crippen molar-refractivity contribution >= 4 is 17.6 Å². The zero-order valence-corrected chi connectivity index (χ0v) is 12.7. The summed E-state index contributed by atoms with van der Waals surface area (Å²) < 4.78 is 0. The SMILES string of the molecule is CN(C)c1nc2c(c(=O)[nH]1)CCN(c1cncc(N)n1)CC2. The number of aromatic amines is 1. The molecule has 3 heterocycles. The average Bonchev–Trinajstić information content (AvgIpc) is 2.70. The van der Waals surface area contributed by atoms with Gasteiger partial charge in [0.25, 0.3) is 5.56 Å². The Labute approximate surface area is 128 Å². The molecule has 0 atom stereocenters. The minimum atomic E-state index is -0.0609. The van der Waals surface area contributed by atoms with Crippen molar-refractivity contribution in [2.45, 2.75) is 12.8 Å². The van der Waals surface area contributed by atoms with Gasteiger partial charge in [-0.25, -0.2) is 9.97 Å². The number of nitrogens with one attached hydrogen (secondary N) is 1. The molecule has 116 valence electrons. The van der Waals surface area contributed by atoms with E-state index in [0.717, 1.165) is 23.6 Å². The lowest BCUT2D eigenvalue weighted by atomic mass is 10.1. The zero-order valence-electron chi connectivity index (χ0n) is 12.7. The van der Waals surface area contributed by atoms with Gasteiger partial charge in [-0.3, -0.25) is 14.8 Å². The van der Waals surface area contributed by atoms with E-state index >= 15 is 0 Å². The topological polar surface area (TPSA) is 104 Å². The lowest BCUT2D eigenvalue weighted by Gasteiger charge is -2.20. The molecule has 0 spiro atoms. The highest BCUT2D eigenvalue weighted by molar-refractivity contribution is 5.43. The van der Waals surface area contributed by atoms with Gasteiger partial charge in [0.2, 0.25) is 5.95 Å². The van der Waals surface area contributed by atoms with Crippen LogP contribution in [0.25, 0.3) is 0 Å². The van der Waals surface area contributed by atoms with Crippen molar-refractivity contribution < 1.29 is 0 Å². The Morgan fingerprint density at radius 1 is 1.23 bits per heavy atom. The highest BCUT2D eigenvalue weighted by atomic mass is 16.1. The minimum Gasteiger partial charge on any atom is -0.382 e. The van der Waals surface area contributed by atoms with Crippen LogP contribution in [-0.2, 0) is 12.8 Å². The van der Waals surface area contributed by atoms with Gasteiger partial charge < -0.3 is 15.5 Å². The van der Waals surface area contributed by atoms with Crippen LogP contribution < -0.4 is 21.1 Å². The molecule has 0 aliphatic carbocycles. The van der Waals surface area contributed by atoms with Gasteiger partial charge >= 0.3 is 0 Å². The third-order valence-electron chi connectivity index (χ3n) is 3.73. The molecule has 1 aliphatic rings. The summed E-state index contributed by atoms with van der Waals surface area (Å²) in [6, 6.07) is 0. The number of aromatic nitrogens is 4. The monoisotopic (exact) mass is 301 g/mol. The predicted octanol–water partition coefficient (Wildman–Crippen LogP) is -0.187. The van der Waals surface area contributed by atoms with E-state index in [1.165, 1.54) is 6.20 Å². The number of rotatable bonds is 2. The van der Waals surface area contributed by atoms with Gasteiger partial charge in [0.1, 0.15) is 11.6 Å². The lowest BCUT2D eigenvalue weighted by molar-refractivity contribution is 0.784. The summed E-state index contributed by atoms with van der Waals surface area (Å²) in [7, 11) is 3.71. The average molecular weight is 301 g/mol. The largest absolute Gasteiger partial charge is 0.382 e. The van der Waals surface area contributed by atoms with Crippen LogP contribution in [0.5, 0.6) is 0 Å². The number of fused-ring (bicyclic) bond motifs is 1. The molecule has 0 unspecified atom stereocenters. The number of H-pyrrole nitrogens is 1. The van der Waals surface area contributed by atoms with Crippen molar-refractivity contribution in [3.8, 4) is 0 Å². The fourth-order valence-electron chi connectivity index (χ4n) is 2.56. The van der Waals surface area contributed by atoms with E-state index in [2.05, 4.69) is 24.8 Å². The summed E-state index contributed by atoms with van der Waals surface area (Å²) in [4.78, 5) is 31.9. The smallest absolute Gasteiger partial charge is 0.255 e. The first-order chi connectivity index (χ1) is 10.5. The maximum Gasteiger partial charge on any atom is 0.255 e. The molecule has 0 radical (unpaired) electrons. The Morgan fingerprint density at radius 2 is 2.00 bits per heavy atom. The first kappa shape index (κ1) is 14.3. The normalized spacial score (nSPS) is 14.4. The molecule has 1 aliphatic heterocycles. The van der Waals surface area contributed by atoms with Gasteiger partial charge in [0.15, 0.2) is 0 Å². The molecule has 3 rings (SSSR count). The summed E-state index contributed by atoms with van der Waals surface area (Å²) in [6.45, 7) is 1.42. The van der Waals surface area contributed by atoms with Gasteiger partial charge in [-0.1, -0.05) is 0 Å². The number of nitrogens with zero attached hydrogens (tertiary/aromatic N) is 5. The van der Waals surface area contributed by atoms with Crippen molar-refractivity contribution in [2.75, 3.05) is 42.7 Å². The summed E-state index contributed by atoms with van der Waals surface area (Å²) >= 11 is 0. The van der Waals surface area contributed by atoms with E-state index in [-0.39, 0.29) is 5.56 Å². The summed E-state index contributed by atoms with van der Waals surface area (Å²) in [5.41, 5.74) is 7.24. The molecular formula is C14H19N7O. The molecule has 22 heavy (non-hydrogen) atoms. The minimum absolute atomic E-state index is 0.0609. The number of anilines is 3. The Bertz CT molecular complexity index is 740. The van der Waals surface area contributed by atoms with E-state index in [9.17, 15) is 4.79 Å². The highest BCUT2D eigenvalue weighted by Crippen LogP contribution is 2.17. The molecule has 8 nitrogen and oxygen atoms in total. The lowest BCUT2D eigenvalue weighted by Crippen LogP contribution is -2.27. The molecule has 8 heteroatoms. The molecule has 3 N–H and O–H groups in total. The molecule has 0 fully saturated rings. The Morgan fingerprint density at radius 3 is 2.73 bits per heavy atom. The van der Waals surface area contributed by atoms with Crippen LogP contribution in [0.1, 0.15) is 11.3 Å². The Balaban J connectivity index is 1.89. The van der Waals surface area contributed by atoms with Crippen molar-refractivity contribution in [2.24, 2.45) is 0 Å². The first-order valence-corrected chi connectivity index (χ1v) is 7.16. The fraction of sp³-hybridized carbons (Fsp3) is 0.429. The van der Waals surface area contributed by atoms with Crippen LogP contribution in [0.15, 0.2) is 17.2 Å². The van der Waals surface area contributed by atoms with Crippen LogP contribution in [0.2, 0.25) is 0 Å². The second-order valence-corrected chi connectivity index (χ2v) is 5.50. The van der Waals surface area contributed by atoms with E-state index in [1.807, 2.05) is 14.1 Å². The summed E-state index contributed by atoms with van der Waals surface area (Å²) in [5, 5.41) is 0. The van der Waals surface area contributed by atoms with Crippen molar-refractivity contribution in [3.05, 3.63) is 34.0 Å². The van der Waals surface area contributed by atoms with Crippen molar-refractivity contribution in [1.82, 2.24) is 19.9 Å². The molecule has 0 bridgehead atoms. The zero-order chi connectivity index (χ0) is 15.7.